The first-order chi connectivity index (χ1) is 7.81. The number of hydroxylamine groups is 1. The number of rotatable bonds is 3. The zero-order valence-electron chi connectivity index (χ0n) is 9.39. The van der Waals surface area contributed by atoms with Crippen LogP contribution >= 0.6 is 0 Å². The van der Waals surface area contributed by atoms with Crippen LogP contribution < -0.4 is 5.48 Å². The molecule has 94 valence electrons. The van der Waals surface area contributed by atoms with Gasteiger partial charge in [-0.15, -0.1) is 0 Å². The maximum absolute atomic E-state index is 11.8. The van der Waals surface area contributed by atoms with Gasteiger partial charge in [-0.1, -0.05) is 18.2 Å². The van der Waals surface area contributed by atoms with Crippen LogP contribution in [-0.2, 0) is 4.84 Å². The number of carbonyl (C=O) groups excluding carboxylic acids is 1. The number of amides is 1. The highest BCUT2D eigenvalue weighted by molar-refractivity contribution is 5.96. The lowest BCUT2D eigenvalue weighted by Gasteiger charge is -2.11. The van der Waals surface area contributed by atoms with Gasteiger partial charge >= 0.3 is 6.18 Å². The third-order valence-corrected chi connectivity index (χ3v) is 2.11. The number of aryl methyl sites for hydroxylation is 2. The lowest BCUT2D eigenvalue weighted by Crippen LogP contribution is -2.30. The van der Waals surface area contributed by atoms with Crippen LogP contribution in [0.25, 0.3) is 0 Å². The molecule has 0 aliphatic carbocycles. The molecule has 0 unspecified atom stereocenters. The first-order valence-electron chi connectivity index (χ1n) is 4.86. The van der Waals surface area contributed by atoms with Gasteiger partial charge in [-0.05, 0) is 25.0 Å². The van der Waals surface area contributed by atoms with E-state index in [0.29, 0.717) is 16.7 Å². The number of alkyl halides is 3. The third kappa shape index (κ3) is 4.07. The summed E-state index contributed by atoms with van der Waals surface area (Å²) in [5, 5.41) is 0. The lowest BCUT2D eigenvalue weighted by molar-refractivity contribution is -0.184. The molecular formula is C11H12F3NO2. The van der Waals surface area contributed by atoms with E-state index in [1.165, 1.54) is 0 Å². The predicted octanol–water partition coefficient (Wildman–Crippen LogP) is 2.53. The second-order valence-electron chi connectivity index (χ2n) is 3.60. The summed E-state index contributed by atoms with van der Waals surface area (Å²) in [6.45, 7) is 1.89. The van der Waals surface area contributed by atoms with Crippen molar-refractivity contribution in [3.8, 4) is 0 Å². The fourth-order valence-electron chi connectivity index (χ4n) is 1.41. The van der Waals surface area contributed by atoms with Crippen molar-refractivity contribution in [3.63, 3.8) is 0 Å². The Morgan fingerprint density at radius 1 is 1.29 bits per heavy atom. The minimum Gasteiger partial charge on any atom is -0.267 e. The summed E-state index contributed by atoms with van der Waals surface area (Å²) in [6, 6.07) is 5.16. The number of carbonyl (C=O) groups is 1. The number of hydrogen-bond acceptors (Lipinski definition) is 2. The molecule has 6 heteroatoms. The van der Waals surface area contributed by atoms with Crippen LogP contribution in [-0.4, -0.2) is 18.7 Å². The number of hydrogen-bond donors (Lipinski definition) is 1. The minimum absolute atomic E-state index is 0.328. The molecule has 1 aromatic rings. The highest BCUT2D eigenvalue weighted by Crippen LogP contribution is 2.15. The molecule has 0 saturated carbocycles. The largest absolute Gasteiger partial charge is 0.414 e. The van der Waals surface area contributed by atoms with Crippen LogP contribution in [0.3, 0.4) is 0 Å². The SMILES string of the molecule is Cc1cccc(C)c1C(=O)NOCC(F)(F)F. The van der Waals surface area contributed by atoms with Crippen molar-refractivity contribution < 1.29 is 22.8 Å². The summed E-state index contributed by atoms with van der Waals surface area (Å²) >= 11 is 0. The molecule has 1 aromatic carbocycles. The van der Waals surface area contributed by atoms with Crippen molar-refractivity contribution in [2.75, 3.05) is 6.61 Å². The second-order valence-corrected chi connectivity index (χ2v) is 3.60. The van der Waals surface area contributed by atoms with E-state index in [-0.39, 0.29) is 0 Å². The second kappa shape index (κ2) is 5.18. The van der Waals surface area contributed by atoms with Crippen molar-refractivity contribution in [3.05, 3.63) is 34.9 Å². The van der Waals surface area contributed by atoms with Crippen LogP contribution in [0, 0.1) is 13.8 Å². The smallest absolute Gasteiger partial charge is 0.267 e. The fourth-order valence-corrected chi connectivity index (χ4v) is 1.41. The number of halogens is 3. The zero-order valence-corrected chi connectivity index (χ0v) is 9.39. The summed E-state index contributed by atoms with van der Waals surface area (Å²) in [4.78, 5) is 15.7. The molecule has 0 aliphatic rings. The fraction of sp³-hybridized carbons (Fsp3) is 0.364. The molecule has 0 bridgehead atoms. The summed E-state index contributed by atoms with van der Waals surface area (Å²) in [5.41, 5.74) is 3.46. The maximum atomic E-state index is 11.8. The summed E-state index contributed by atoms with van der Waals surface area (Å²) in [7, 11) is 0. The van der Waals surface area contributed by atoms with Crippen molar-refractivity contribution in [2.45, 2.75) is 20.0 Å². The van der Waals surface area contributed by atoms with E-state index in [9.17, 15) is 18.0 Å². The summed E-state index contributed by atoms with van der Waals surface area (Å²) < 4.78 is 35.4. The van der Waals surface area contributed by atoms with E-state index in [4.69, 9.17) is 0 Å². The number of nitrogens with one attached hydrogen (secondary N) is 1. The molecule has 17 heavy (non-hydrogen) atoms. The van der Waals surface area contributed by atoms with Gasteiger partial charge in [0.1, 0.15) is 0 Å². The third-order valence-electron chi connectivity index (χ3n) is 2.11. The van der Waals surface area contributed by atoms with Crippen molar-refractivity contribution in [1.29, 1.82) is 0 Å². The van der Waals surface area contributed by atoms with Gasteiger partial charge in [-0.25, -0.2) is 5.48 Å². The standard InChI is InChI=1S/C11H12F3NO2/c1-7-4-3-5-8(2)9(7)10(16)15-17-6-11(12,13)14/h3-5H,6H2,1-2H3,(H,15,16). The van der Waals surface area contributed by atoms with E-state index in [1.807, 2.05) is 0 Å². The van der Waals surface area contributed by atoms with Gasteiger partial charge in [0, 0.05) is 5.56 Å². The van der Waals surface area contributed by atoms with Gasteiger partial charge < -0.3 is 0 Å². The average Bonchev–Trinajstić information content (AvgIpc) is 2.15. The average molecular weight is 247 g/mol. The van der Waals surface area contributed by atoms with Crippen LogP contribution in [0.1, 0.15) is 21.5 Å². The molecule has 0 aliphatic heterocycles. The Morgan fingerprint density at radius 3 is 2.29 bits per heavy atom. The van der Waals surface area contributed by atoms with Gasteiger partial charge in [0.15, 0.2) is 6.61 Å². The van der Waals surface area contributed by atoms with Crippen LogP contribution in [0.15, 0.2) is 18.2 Å². The quantitative estimate of drug-likeness (QED) is 0.833. The molecule has 3 nitrogen and oxygen atoms in total. The molecule has 0 heterocycles. The molecule has 1 amide bonds. The molecule has 0 saturated heterocycles. The van der Waals surface area contributed by atoms with Crippen LogP contribution in [0.2, 0.25) is 0 Å². The molecule has 0 spiro atoms. The van der Waals surface area contributed by atoms with Crippen LogP contribution in [0.5, 0.6) is 0 Å². The van der Waals surface area contributed by atoms with E-state index >= 15 is 0 Å². The Balaban J connectivity index is 2.65. The highest BCUT2D eigenvalue weighted by atomic mass is 19.4. The van der Waals surface area contributed by atoms with E-state index in [2.05, 4.69) is 4.84 Å². The zero-order chi connectivity index (χ0) is 13.1. The first kappa shape index (κ1) is 13.5. The van der Waals surface area contributed by atoms with Gasteiger partial charge in [0.25, 0.3) is 5.91 Å². The summed E-state index contributed by atoms with van der Waals surface area (Å²) in [5.74, 6) is -0.676. The predicted molar refractivity (Wildman–Crippen MR) is 55.4 cm³/mol. The molecule has 0 fully saturated rings. The van der Waals surface area contributed by atoms with E-state index < -0.39 is 18.7 Å². The highest BCUT2D eigenvalue weighted by Gasteiger charge is 2.28. The summed E-state index contributed by atoms with van der Waals surface area (Å²) in [6.07, 6.45) is -4.46. The van der Waals surface area contributed by atoms with Gasteiger partial charge in [0.2, 0.25) is 0 Å². The van der Waals surface area contributed by atoms with Gasteiger partial charge in [-0.3, -0.25) is 9.63 Å². The Bertz CT molecular complexity index is 395. The molecule has 0 atom stereocenters. The van der Waals surface area contributed by atoms with Gasteiger partial charge in [0.05, 0.1) is 0 Å². The van der Waals surface area contributed by atoms with Crippen molar-refractivity contribution in [2.24, 2.45) is 0 Å². The molecule has 1 rings (SSSR count). The molecule has 0 aromatic heterocycles. The maximum Gasteiger partial charge on any atom is 0.414 e. The molecule has 1 N–H and O–H groups in total. The Kier molecular flexibility index (Phi) is 4.11. The molecule has 0 radical (unpaired) electrons. The Labute approximate surface area is 96.5 Å². The van der Waals surface area contributed by atoms with Crippen molar-refractivity contribution in [1.82, 2.24) is 5.48 Å². The number of benzene rings is 1. The Morgan fingerprint density at radius 2 is 1.82 bits per heavy atom. The monoisotopic (exact) mass is 247 g/mol. The van der Waals surface area contributed by atoms with Crippen molar-refractivity contribution >= 4 is 5.91 Å². The molecular weight excluding hydrogens is 235 g/mol. The Hall–Kier alpha value is -1.56. The first-order valence-corrected chi connectivity index (χ1v) is 4.86. The van der Waals surface area contributed by atoms with Crippen LogP contribution in [0.4, 0.5) is 13.2 Å². The normalized spacial score (nSPS) is 11.4. The van der Waals surface area contributed by atoms with E-state index in [0.717, 1.165) is 0 Å². The van der Waals surface area contributed by atoms with E-state index in [1.54, 1.807) is 37.5 Å². The topological polar surface area (TPSA) is 38.3 Å². The lowest BCUT2D eigenvalue weighted by atomic mass is 10.0. The minimum atomic E-state index is -4.46. The van der Waals surface area contributed by atoms with Gasteiger partial charge in [-0.2, -0.15) is 13.2 Å².